The Morgan fingerprint density at radius 2 is 1.95 bits per heavy atom. The number of carbonyl (C=O) groups is 1. The maximum atomic E-state index is 12.6. The van der Waals surface area contributed by atoms with E-state index >= 15 is 0 Å². The minimum Gasteiger partial charge on any atom is -0.465 e. The predicted molar refractivity (Wildman–Crippen MR) is 80.6 cm³/mol. The average Bonchev–Trinajstić information content (AvgIpc) is 3.09. The van der Waals surface area contributed by atoms with Gasteiger partial charge in [-0.25, -0.2) is 0 Å². The zero-order valence-electron chi connectivity index (χ0n) is 12.4. The molecule has 0 saturated heterocycles. The van der Waals surface area contributed by atoms with Gasteiger partial charge >= 0.3 is 0 Å². The number of furan rings is 1. The van der Waals surface area contributed by atoms with E-state index in [4.69, 9.17) is 13.9 Å². The summed E-state index contributed by atoms with van der Waals surface area (Å²) in [7, 11) is 0. The molecule has 4 rings (SSSR count). The topological polar surface area (TPSA) is 60.7 Å². The van der Waals surface area contributed by atoms with Crippen molar-refractivity contribution < 1.29 is 18.7 Å². The van der Waals surface area contributed by atoms with Crippen molar-refractivity contribution in [3.05, 3.63) is 40.8 Å². The molecule has 2 aromatic rings. The van der Waals surface area contributed by atoms with Crippen LogP contribution in [0.5, 0.6) is 11.5 Å². The van der Waals surface area contributed by atoms with Crippen LogP contribution in [0.15, 0.2) is 22.6 Å². The van der Waals surface area contributed by atoms with Crippen molar-refractivity contribution >= 4 is 11.6 Å². The number of aryl methyl sites for hydroxylation is 2. The molecule has 0 saturated carbocycles. The van der Waals surface area contributed by atoms with Crippen molar-refractivity contribution in [2.45, 2.75) is 32.6 Å². The quantitative estimate of drug-likeness (QED) is 0.922. The third-order valence-electron chi connectivity index (χ3n) is 4.20. The van der Waals surface area contributed by atoms with Gasteiger partial charge in [0.05, 0.1) is 5.56 Å². The van der Waals surface area contributed by atoms with Crippen LogP contribution in [0.3, 0.4) is 0 Å². The minimum atomic E-state index is -0.122. The molecule has 2 heterocycles. The van der Waals surface area contributed by atoms with Crippen molar-refractivity contribution in [3.8, 4) is 11.5 Å². The van der Waals surface area contributed by atoms with Crippen molar-refractivity contribution in [1.29, 1.82) is 0 Å². The molecule has 1 N–H and O–H groups in total. The molecule has 1 aliphatic heterocycles. The first-order valence-electron chi connectivity index (χ1n) is 7.54. The lowest BCUT2D eigenvalue weighted by Crippen LogP contribution is -2.15. The van der Waals surface area contributed by atoms with E-state index in [-0.39, 0.29) is 12.7 Å². The first kappa shape index (κ1) is 13.2. The highest BCUT2D eigenvalue weighted by Gasteiger charge is 2.25. The molecule has 5 heteroatoms. The summed E-state index contributed by atoms with van der Waals surface area (Å²) >= 11 is 0. The second-order valence-corrected chi connectivity index (χ2v) is 5.66. The Morgan fingerprint density at radius 1 is 1.14 bits per heavy atom. The molecule has 0 fully saturated rings. The van der Waals surface area contributed by atoms with Gasteiger partial charge in [-0.3, -0.25) is 4.79 Å². The Kier molecular flexibility index (Phi) is 3.06. The molecular formula is C17H17NO4. The van der Waals surface area contributed by atoms with Gasteiger partial charge in [0, 0.05) is 23.7 Å². The highest BCUT2D eigenvalue weighted by atomic mass is 16.7. The molecule has 0 unspecified atom stereocenters. The second-order valence-electron chi connectivity index (χ2n) is 5.66. The number of ether oxygens (including phenoxy) is 2. The van der Waals surface area contributed by atoms with Gasteiger partial charge in [0.1, 0.15) is 11.5 Å². The first-order valence-corrected chi connectivity index (χ1v) is 7.54. The van der Waals surface area contributed by atoms with Crippen molar-refractivity contribution in [1.82, 2.24) is 0 Å². The third kappa shape index (κ3) is 2.13. The number of benzene rings is 1. The molecule has 0 bridgehead atoms. The second kappa shape index (κ2) is 5.09. The molecule has 0 atom stereocenters. The standard InChI is InChI=1S/C17H17NO4/c1-10-16(12-4-2-3-5-13(12)22-10)17(19)18-11-6-7-14-15(8-11)21-9-20-14/h6-8H,2-5,9H2,1H3,(H,18,19). The van der Waals surface area contributed by atoms with E-state index in [9.17, 15) is 4.79 Å². The molecule has 0 spiro atoms. The third-order valence-corrected chi connectivity index (χ3v) is 4.20. The van der Waals surface area contributed by atoms with Gasteiger partial charge in [0.2, 0.25) is 6.79 Å². The molecule has 0 radical (unpaired) electrons. The Bertz CT molecular complexity index is 747. The lowest BCUT2D eigenvalue weighted by Gasteiger charge is -2.11. The Labute approximate surface area is 128 Å². The largest absolute Gasteiger partial charge is 0.465 e. The number of rotatable bonds is 2. The van der Waals surface area contributed by atoms with Crippen LogP contribution in [0.25, 0.3) is 0 Å². The van der Waals surface area contributed by atoms with Gasteiger partial charge in [-0.05, 0) is 38.3 Å². The minimum absolute atomic E-state index is 0.122. The summed E-state index contributed by atoms with van der Waals surface area (Å²) in [6.07, 6.45) is 4.07. The highest BCUT2D eigenvalue weighted by molar-refractivity contribution is 6.06. The maximum Gasteiger partial charge on any atom is 0.259 e. The van der Waals surface area contributed by atoms with Crippen LogP contribution in [-0.2, 0) is 12.8 Å². The Morgan fingerprint density at radius 3 is 2.86 bits per heavy atom. The van der Waals surface area contributed by atoms with E-state index in [1.54, 1.807) is 12.1 Å². The van der Waals surface area contributed by atoms with Gasteiger partial charge in [-0.2, -0.15) is 0 Å². The van der Waals surface area contributed by atoms with Crippen LogP contribution in [0.4, 0.5) is 5.69 Å². The number of nitrogens with one attached hydrogen (secondary N) is 1. The first-order chi connectivity index (χ1) is 10.7. The average molecular weight is 299 g/mol. The van der Waals surface area contributed by atoms with Crippen LogP contribution < -0.4 is 14.8 Å². The van der Waals surface area contributed by atoms with E-state index in [0.29, 0.717) is 28.5 Å². The van der Waals surface area contributed by atoms with E-state index in [1.165, 1.54) is 0 Å². The van der Waals surface area contributed by atoms with E-state index < -0.39 is 0 Å². The van der Waals surface area contributed by atoms with Gasteiger partial charge < -0.3 is 19.2 Å². The molecule has 1 aliphatic carbocycles. The maximum absolute atomic E-state index is 12.6. The monoisotopic (exact) mass is 299 g/mol. The molecular weight excluding hydrogens is 282 g/mol. The van der Waals surface area contributed by atoms with E-state index in [0.717, 1.165) is 37.0 Å². The highest BCUT2D eigenvalue weighted by Crippen LogP contribution is 2.35. The summed E-state index contributed by atoms with van der Waals surface area (Å²) in [4.78, 5) is 12.6. The fourth-order valence-corrected chi connectivity index (χ4v) is 3.17. The number of anilines is 1. The van der Waals surface area contributed by atoms with Crippen molar-refractivity contribution in [2.75, 3.05) is 12.1 Å². The van der Waals surface area contributed by atoms with Crippen molar-refractivity contribution in [3.63, 3.8) is 0 Å². The van der Waals surface area contributed by atoms with Crippen LogP contribution >= 0.6 is 0 Å². The Hall–Kier alpha value is -2.43. The van der Waals surface area contributed by atoms with Crippen molar-refractivity contribution in [2.24, 2.45) is 0 Å². The number of hydrogen-bond donors (Lipinski definition) is 1. The number of carbonyl (C=O) groups excluding carboxylic acids is 1. The van der Waals surface area contributed by atoms with Crippen LogP contribution in [0, 0.1) is 6.92 Å². The molecule has 2 aliphatic rings. The molecule has 1 aromatic carbocycles. The molecule has 22 heavy (non-hydrogen) atoms. The van der Waals surface area contributed by atoms with E-state index in [1.807, 2.05) is 13.0 Å². The summed E-state index contributed by atoms with van der Waals surface area (Å²) in [6.45, 7) is 2.08. The zero-order chi connectivity index (χ0) is 15.1. The summed E-state index contributed by atoms with van der Waals surface area (Å²) in [5.74, 6) is 2.91. The number of fused-ring (bicyclic) bond motifs is 2. The van der Waals surface area contributed by atoms with Crippen LogP contribution in [0.1, 0.15) is 40.3 Å². The van der Waals surface area contributed by atoms with Crippen LogP contribution in [0.2, 0.25) is 0 Å². The summed E-state index contributed by atoms with van der Waals surface area (Å²) in [6, 6.07) is 5.39. The molecule has 1 aromatic heterocycles. The van der Waals surface area contributed by atoms with E-state index in [2.05, 4.69) is 5.32 Å². The summed E-state index contributed by atoms with van der Waals surface area (Å²) in [5, 5.41) is 2.93. The van der Waals surface area contributed by atoms with Gasteiger partial charge in [0.25, 0.3) is 5.91 Å². The zero-order valence-corrected chi connectivity index (χ0v) is 12.4. The molecule has 114 valence electrons. The smallest absolute Gasteiger partial charge is 0.259 e. The normalized spacial score (nSPS) is 15.5. The number of amides is 1. The Balaban J connectivity index is 1.61. The summed E-state index contributed by atoms with van der Waals surface area (Å²) < 4.78 is 16.4. The fourth-order valence-electron chi connectivity index (χ4n) is 3.17. The lowest BCUT2D eigenvalue weighted by molar-refractivity contribution is 0.102. The predicted octanol–water partition coefficient (Wildman–Crippen LogP) is 3.45. The fraction of sp³-hybridized carbons (Fsp3) is 0.353. The van der Waals surface area contributed by atoms with Crippen LogP contribution in [-0.4, -0.2) is 12.7 Å². The van der Waals surface area contributed by atoms with Gasteiger partial charge in [-0.15, -0.1) is 0 Å². The number of hydrogen-bond acceptors (Lipinski definition) is 4. The SMILES string of the molecule is Cc1oc2c(c1C(=O)Nc1ccc3c(c1)OCO3)CCCC2. The van der Waals surface area contributed by atoms with Gasteiger partial charge in [0.15, 0.2) is 11.5 Å². The summed E-state index contributed by atoms with van der Waals surface area (Å²) in [5.41, 5.74) is 2.45. The van der Waals surface area contributed by atoms with Gasteiger partial charge in [-0.1, -0.05) is 0 Å². The lowest BCUT2D eigenvalue weighted by atomic mass is 9.94. The molecule has 1 amide bonds. The molecule has 5 nitrogen and oxygen atoms in total.